The van der Waals surface area contributed by atoms with Crippen molar-refractivity contribution in [3.63, 3.8) is 0 Å². The van der Waals surface area contributed by atoms with E-state index in [1.165, 1.54) is 100 Å². The van der Waals surface area contributed by atoms with Gasteiger partial charge in [0.15, 0.2) is 0 Å². The summed E-state index contributed by atoms with van der Waals surface area (Å²) < 4.78 is 0. The lowest BCUT2D eigenvalue weighted by Crippen LogP contribution is -2.51. The Morgan fingerprint density at radius 2 is 0.362 bits per heavy atom. The van der Waals surface area contributed by atoms with Crippen molar-refractivity contribution >= 4 is 33.1 Å². The van der Waals surface area contributed by atoms with E-state index >= 15 is 0 Å². The van der Waals surface area contributed by atoms with Crippen LogP contribution in [0, 0.1) is 5.41 Å². The normalized spacial score (nSPS) is 28.2. The van der Waals surface area contributed by atoms with E-state index in [2.05, 4.69) is 210 Å². The maximum Gasteiger partial charge on any atom is 0.0894 e. The Morgan fingerprint density at radius 1 is 0.225 bits per heavy atom. The molecular formula is C74H48N6. The molecular weight excluding hydrogens is 973 g/mol. The van der Waals surface area contributed by atoms with Crippen LogP contribution < -0.4 is 0 Å². The average Bonchev–Trinajstić information content (AvgIpc) is 1.68. The molecule has 0 unspecified atom stereocenters. The minimum Gasteiger partial charge on any atom is -0.248 e. The van der Waals surface area contributed by atoms with Gasteiger partial charge in [0.2, 0.25) is 0 Å². The zero-order valence-corrected chi connectivity index (χ0v) is 44.5. The van der Waals surface area contributed by atoms with Gasteiger partial charge in [-0.05, 0) is 137 Å². The second kappa shape index (κ2) is 13.2. The van der Waals surface area contributed by atoms with E-state index in [9.17, 15) is 0 Å². The standard InChI is InChI=1S/C74H48N6/c1-71-47-29-53-55(77-67-61-39-21-9-5-17-35(39)59(65(67)75-53)36-18-6-10-22-40(36)61)31-49(47)72(2)51-33-57-58(80-70-64-45-27-15-13-25-43(45)63(69(70)79-57)44-26-14-16-28-46(44)64)34-52(51)73(3,74(71,72)4)50-32-56-54(30-48(50)71)76-66-60-37-19-7-11-23-41(37)62(68(66)78-56)42-24-12-8-20-38(42)60/h5-34,59-64H,1-4H3. The monoisotopic (exact) mass is 1020 g/mol. The van der Waals surface area contributed by atoms with Gasteiger partial charge in [0.25, 0.3) is 0 Å². The Hall–Kier alpha value is -9.00. The van der Waals surface area contributed by atoms with Crippen LogP contribution in [0.15, 0.2) is 182 Å². The predicted octanol–water partition coefficient (Wildman–Crippen LogP) is 14.7. The maximum atomic E-state index is 5.83. The van der Waals surface area contributed by atoms with Crippen molar-refractivity contribution in [3.05, 3.63) is 316 Å². The van der Waals surface area contributed by atoms with Crippen molar-refractivity contribution < 1.29 is 0 Å². The van der Waals surface area contributed by atoms with Crippen LogP contribution in [0.3, 0.4) is 0 Å². The number of nitrogens with zero attached hydrogens (tertiary/aromatic N) is 6. The van der Waals surface area contributed by atoms with Gasteiger partial charge >= 0.3 is 0 Å². The Balaban J connectivity index is 0.845. The molecule has 0 N–H and O–H groups in total. The molecule has 0 saturated heterocycles. The van der Waals surface area contributed by atoms with Crippen molar-refractivity contribution in [2.24, 2.45) is 5.41 Å². The highest BCUT2D eigenvalue weighted by molar-refractivity contribution is 5.91. The number of aromatic nitrogens is 6. The smallest absolute Gasteiger partial charge is 0.0894 e. The van der Waals surface area contributed by atoms with Gasteiger partial charge in [0.05, 0.1) is 103 Å². The fraction of sp³-hybridized carbons (Fsp3) is 0.189. The molecule has 6 bridgehead atoms. The Labute approximate surface area is 461 Å². The van der Waals surface area contributed by atoms with Gasteiger partial charge in [-0.1, -0.05) is 173 Å². The lowest BCUT2D eigenvalue weighted by atomic mass is 9.52. The summed E-state index contributed by atoms with van der Waals surface area (Å²) in [4.78, 5) is 35.0. The first-order chi connectivity index (χ1) is 39.2. The largest absolute Gasteiger partial charge is 0.248 e. The summed E-state index contributed by atoms with van der Waals surface area (Å²) in [5.74, 6) is 0.179. The van der Waals surface area contributed by atoms with E-state index in [0.717, 1.165) is 67.3 Å². The highest BCUT2D eigenvalue weighted by Gasteiger charge is 2.80. The molecule has 0 atom stereocenters. The molecule has 0 aliphatic heterocycles. The molecule has 0 radical (unpaired) electrons. The van der Waals surface area contributed by atoms with Crippen LogP contribution in [0.1, 0.15) is 198 Å². The molecule has 12 aromatic rings. The van der Waals surface area contributed by atoms with E-state index in [-0.39, 0.29) is 35.5 Å². The van der Waals surface area contributed by atoms with Gasteiger partial charge in [-0.25, -0.2) is 29.9 Å². The number of rotatable bonds is 0. The first-order valence-corrected chi connectivity index (χ1v) is 28.8. The molecule has 374 valence electrons. The molecule has 6 nitrogen and oxygen atoms in total. The summed E-state index contributed by atoms with van der Waals surface area (Å²) in [5.41, 5.74) is 34.6. The molecule has 0 saturated carbocycles. The van der Waals surface area contributed by atoms with Gasteiger partial charge in [0, 0.05) is 21.7 Å². The van der Waals surface area contributed by atoms with Gasteiger partial charge in [0.1, 0.15) is 0 Å². The lowest BCUT2D eigenvalue weighted by Gasteiger charge is -2.49. The molecule has 80 heavy (non-hydrogen) atoms. The first-order valence-electron chi connectivity index (χ1n) is 28.8. The zero-order chi connectivity index (χ0) is 52.2. The zero-order valence-electron chi connectivity index (χ0n) is 44.5. The quantitative estimate of drug-likeness (QED) is 0.151. The van der Waals surface area contributed by atoms with Crippen molar-refractivity contribution in [3.8, 4) is 0 Å². The number of hydrogen-bond donors (Lipinski definition) is 0. The molecule has 0 spiro atoms. The van der Waals surface area contributed by atoms with Crippen LogP contribution in [0.2, 0.25) is 0 Å². The minimum absolute atomic E-state index is 0.0299. The molecule has 12 aliphatic carbocycles. The fourth-order valence-corrected chi connectivity index (χ4v) is 19.7. The van der Waals surface area contributed by atoms with Crippen molar-refractivity contribution in [2.45, 2.75) is 79.4 Å². The van der Waals surface area contributed by atoms with Crippen molar-refractivity contribution in [1.82, 2.24) is 29.9 Å². The van der Waals surface area contributed by atoms with E-state index < -0.39 is 21.7 Å². The van der Waals surface area contributed by atoms with E-state index in [1.807, 2.05) is 0 Å². The molecule has 3 heterocycles. The Bertz CT molecular complexity index is 4120. The fourth-order valence-electron chi connectivity index (χ4n) is 19.7. The van der Waals surface area contributed by atoms with Gasteiger partial charge in [-0.3, -0.25) is 0 Å². The molecule has 24 rings (SSSR count). The molecule has 0 fully saturated rings. The molecule has 6 heteroatoms. The van der Waals surface area contributed by atoms with Crippen LogP contribution in [-0.4, -0.2) is 29.9 Å². The summed E-state index contributed by atoms with van der Waals surface area (Å²) in [6, 6.07) is 68.9. The van der Waals surface area contributed by atoms with E-state index in [1.54, 1.807) is 0 Å². The van der Waals surface area contributed by atoms with E-state index in [0.29, 0.717) is 0 Å². The third kappa shape index (κ3) is 4.19. The minimum atomic E-state index is -0.497. The van der Waals surface area contributed by atoms with Crippen LogP contribution >= 0.6 is 0 Å². The highest BCUT2D eigenvalue weighted by atomic mass is 14.9. The Morgan fingerprint density at radius 3 is 0.500 bits per heavy atom. The third-order valence-electron chi connectivity index (χ3n) is 23.2. The third-order valence-corrected chi connectivity index (χ3v) is 23.2. The molecule has 3 aromatic heterocycles. The maximum absolute atomic E-state index is 5.83. The average molecular weight is 1020 g/mol. The topological polar surface area (TPSA) is 77.3 Å². The number of benzene rings is 9. The number of fused-ring (bicyclic) bond motifs is 12. The van der Waals surface area contributed by atoms with Crippen molar-refractivity contribution in [1.29, 1.82) is 0 Å². The summed E-state index contributed by atoms with van der Waals surface area (Å²) in [7, 11) is 0. The second-order valence-electron chi connectivity index (χ2n) is 25.5. The first kappa shape index (κ1) is 42.0. The number of hydrogen-bond acceptors (Lipinski definition) is 6. The second-order valence-corrected chi connectivity index (χ2v) is 25.5. The van der Waals surface area contributed by atoms with Crippen LogP contribution in [-0.2, 0) is 16.2 Å². The van der Waals surface area contributed by atoms with Gasteiger partial charge in [-0.2, -0.15) is 0 Å². The highest BCUT2D eigenvalue weighted by Crippen LogP contribution is 2.83. The summed E-state index contributed by atoms with van der Waals surface area (Å²) in [6.45, 7) is 10.3. The lowest BCUT2D eigenvalue weighted by molar-refractivity contribution is 0.0998. The van der Waals surface area contributed by atoms with Crippen molar-refractivity contribution in [2.75, 3.05) is 0 Å². The Kier molecular flexibility index (Phi) is 6.92. The summed E-state index contributed by atoms with van der Waals surface area (Å²) >= 11 is 0. The van der Waals surface area contributed by atoms with E-state index in [4.69, 9.17) is 29.9 Å². The van der Waals surface area contributed by atoms with Gasteiger partial charge in [-0.15, -0.1) is 0 Å². The molecule has 12 aliphatic rings. The predicted molar refractivity (Wildman–Crippen MR) is 310 cm³/mol. The summed E-state index contributed by atoms with van der Waals surface area (Å²) in [5, 5.41) is 0. The summed E-state index contributed by atoms with van der Waals surface area (Å²) in [6.07, 6.45) is 0. The van der Waals surface area contributed by atoms with Crippen LogP contribution in [0.5, 0.6) is 0 Å². The molecule has 9 aromatic carbocycles. The van der Waals surface area contributed by atoms with Gasteiger partial charge < -0.3 is 0 Å². The SMILES string of the molecule is CC12c3cc4nc5c(nc4cc3C3(C)c4cc6nc7c(nc6cc4C(C)(c4cc6nc8c(nc6cc41)C1c4ccccc4C8c4ccccc41)C23C)C1c2ccccc2C7c2ccccc21)C1c2ccccc2C5c2ccccc21. The molecule has 0 amide bonds. The van der Waals surface area contributed by atoms with Crippen LogP contribution in [0.4, 0.5) is 0 Å². The van der Waals surface area contributed by atoms with Crippen LogP contribution in [0.25, 0.3) is 33.1 Å².